The molecule has 7 heteroatoms. The molecule has 0 saturated carbocycles. The van der Waals surface area contributed by atoms with Gasteiger partial charge in [-0.1, -0.05) is 6.07 Å². The molecule has 0 amide bonds. The van der Waals surface area contributed by atoms with Crippen molar-refractivity contribution in [3.05, 3.63) is 47.8 Å². The van der Waals surface area contributed by atoms with Crippen molar-refractivity contribution in [3.63, 3.8) is 0 Å². The van der Waals surface area contributed by atoms with Crippen LogP contribution in [0, 0.1) is 6.92 Å². The Kier molecular flexibility index (Phi) is 6.77. The summed E-state index contributed by atoms with van der Waals surface area (Å²) >= 11 is 0. The number of halogens is 1. The summed E-state index contributed by atoms with van der Waals surface area (Å²) in [6.45, 7) is 4.71. The zero-order chi connectivity index (χ0) is 16.1. The molecule has 0 spiro atoms. The van der Waals surface area contributed by atoms with Crippen LogP contribution in [-0.4, -0.2) is 29.0 Å². The number of guanidine groups is 1. The molecule has 6 nitrogen and oxygen atoms in total. The monoisotopic (exact) mass is 438 g/mol. The van der Waals surface area contributed by atoms with E-state index in [1.165, 1.54) is 12.8 Å². The van der Waals surface area contributed by atoms with Gasteiger partial charge >= 0.3 is 0 Å². The van der Waals surface area contributed by atoms with Crippen molar-refractivity contribution in [1.29, 1.82) is 0 Å². The second kappa shape index (κ2) is 8.81. The summed E-state index contributed by atoms with van der Waals surface area (Å²) in [4.78, 5) is 15.5. The van der Waals surface area contributed by atoms with Crippen LogP contribution in [0.5, 0.6) is 0 Å². The van der Waals surface area contributed by atoms with E-state index in [9.17, 15) is 0 Å². The summed E-state index contributed by atoms with van der Waals surface area (Å²) in [5.41, 5.74) is 8.05. The highest BCUT2D eigenvalue weighted by molar-refractivity contribution is 14.0. The Bertz CT molecular complexity index is 683. The molecule has 0 aliphatic carbocycles. The van der Waals surface area contributed by atoms with Crippen molar-refractivity contribution in [2.75, 3.05) is 23.3 Å². The van der Waals surface area contributed by atoms with E-state index in [4.69, 9.17) is 5.73 Å². The van der Waals surface area contributed by atoms with E-state index in [1.807, 2.05) is 25.1 Å². The third-order valence-corrected chi connectivity index (χ3v) is 3.78. The molecule has 1 aliphatic rings. The Hall–Kier alpha value is -1.90. The van der Waals surface area contributed by atoms with Gasteiger partial charge in [-0.3, -0.25) is 0 Å². The Balaban J connectivity index is 0.00000208. The summed E-state index contributed by atoms with van der Waals surface area (Å²) in [5.74, 6) is 2.10. The molecule has 128 valence electrons. The maximum Gasteiger partial charge on any atom is 0.194 e. The standard InChI is InChI=1S/C17H22N6.HI/c1-13-10-14(11-16(21-13)23-8-4-5-9-23)12-20-17(18)22-15-6-2-3-7-19-15;/h2-3,6-7,10-11H,4-5,8-9,12H2,1H3,(H3,18,19,20,22);1H. The van der Waals surface area contributed by atoms with Gasteiger partial charge in [-0.15, -0.1) is 24.0 Å². The number of nitrogens with two attached hydrogens (primary N) is 1. The molecule has 1 aliphatic heterocycles. The first-order valence-electron chi connectivity index (χ1n) is 7.91. The number of aryl methyl sites for hydroxylation is 1. The largest absolute Gasteiger partial charge is 0.370 e. The molecule has 3 N–H and O–H groups in total. The highest BCUT2D eigenvalue weighted by Crippen LogP contribution is 2.20. The van der Waals surface area contributed by atoms with Crippen LogP contribution >= 0.6 is 24.0 Å². The van der Waals surface area contributed by atoms with Gasteiger partial charge in [0.15, 0.2) is 5.96 Å². The zero-order valence-electron chi connectivity index (χ0n) is 13.8. The Morgan fingerprint density at radius 2 is 2.08 bits per heavy atom. The first kappa shape index (κ1) is 18.4. The molecule has 3 rings (SSSR count). The number of hydrogen-bond donors (Lipinski definition) is 2. The molecular weight excluding hydrogens is 415 g/mol. The predicted molar refractivity (Wildman–Crippen MR) is 109 cm³/mol. The second-order valence-corrected chi connectivity index (χ2v) is 5.71. The number of nitrogens with one attached hydrogen (secondary N) is 1. The second-order valence-electron chi connectivity index (χ2n) is 5.71. The molecule has 0 atom stereocenters. The van der Waals surface area contributed by atoms with Gasteiger partial charge in [0.2, 0.25) is 0 Å². The van der Waals surface area contributed by atoms with Crippen molar-refractivity contribution >= 4 is 41.6 Å². The summed E-state index contributed by atoms with van der Waals surface area (Å²) in [6, 6.07) is 9.77. The first-order valence-corrected chi connectivity index (χ1v) is 7.91. The zero-order valence-corrected chi connectivity index (χ0v) is 16.1. The third-order valence-electron chi connectivity index (χ3n) is 3.78. The topological polar surface area (TPSA) is 79.4 Å². The lowest BCUT2D eigenvalue weighted by Gasteiger charge is -2.17. The molecule has 0 bridgehead atoms. The highest BCUT2D eigenvalue weighted by atomic mass is 127. The summed E-state index contributed by atoms with van der Waals surface area (Å²) in [6.07, 6.45) is 4.19. The molecular formula is C17H23IN6. The number of hydrogen-bond acceptors (Lipinski definition) is 4. The lowest BCUT2D eigenvalue weighted by Crippen LogP contribution is -2.23. The summed E-state index contributed by atoms with van der Waals surface area (Å²) < 4.78 is 0. The minimum absolute atomic E-state index is 0. The average molecular weight is 438 g/mol. The van der Waals surface area contributed by atoms with Gasteiger partial charge in [0.25, 0.3) is 0 Å². The minimum atomic E-state index is 0. The highest BCUT2D eigenvalue weighted by Gasteiger charge is 2.14. The van der Waals surface area contributed by atoms with Crippen LogP contribution in [0.15, 0.2) is 41.5 Å². The van der Waals surface area contributed by atoms with E-state index in [2.05, 4.69) is 37.3 Å². The quantitative estimate of drug-likeness (QED) is 0.436. The summed E-state index contributed by atoms with van der Waals surface area (Å²) in [5, 5.41) is 2.99. The van der Waals surface area contributed by atoms with Gasteiger partial charge in [-0.2, -0.15) is 0 Å². The van der Waals surface area contributed by atoms with Gasteiger partial charge < -0.3 is 16.0 Å². The van der Waals surface area contributed by atoms with E-state index >= 15 is 0 Å². The normalized spacial score (nSPS) is 14.4. The predicted octanol–water partition coefficient (Wildman–Crippen LogP) is 2.93. The van der Waals surface area contributed by atoms with Crippen molar-refractivity contribution < 1.29 is 0 Å². The SMILES string of the molecule is Cc1cc(CN=C(N)Nc2ccccn2)cc(N2CCCC2)n1.I. The molecule has 3 heterocycles. The van der Waals surface area contributed by atoms with E-state index < -0.39 is 0 Å². The number of aliphatic imine (C=N–C) groups is 1. The number of pyridine rings is 2. The minimum Gasteiger partial charge on any atom is -0.370 e. The van der Waals surface area contributed by atoms with Crippen molar-refractivity contribution in [2.24, 2.45) is 10.7 Å². The van der Waals surface area contributed by atoms with Gasteiger partial charge in [0.05, 0.1) is 6.54 Å². The molecule has 0 aromatic carbocycles. The Morgan fingerprint density at radius 1 is 1.29 bits per heavy atom. The molecule has 1 fully saturated rings. The van der Waals surface area contributed by atoms with Gasteiger partial charge in [-0.05, 0) is 49.6 Å². The number of rotatable bonds is 4. The first-order chi connectivity index (χ1) is 11.2. The molecule has 1 saturated heterocycles. The maximum absolute atomic E-state index is 5.92. The molecule has 24 heavy (non-hydrogen) atoms. The smallest absolute Gasteiger partial charge is 0.194 e. The third kappa shape index (κ3) is 5.05. The molecule has 2 aromatic rings. The van der Waals surface area contributed by atoms with Crippen LogP contribution in [0.4, 0.5) is 11.6 Å². The van der Waals surface area contributed by atoms with Crippen molar-refractivity contribution in [1.82, 2.24) is 9.97 Å². The van der Waals surface area contributed by atoms with E-state index in [-0.39, 0.29) is 24.0 Å². The van der Waals surface area contributed by atoms with E-state index in [1.54, 1.807) is 6.20 Å². The van der Waals surface area contributed by atoms with Crippen LogP contribution in [0.1, 0.15) is 24.1 Å². The lowest BCUT2D eigenvalue weighted by molar-refractivity contribution is 0.918. The van der Waals surface area contributed by atoms with Crippen molar-refractivity contribution in [3.8, 4) is 0 Å². The van der Waals surface area contributed by atoms with E-state index in [0.29, 0.717) is 18.3 Å². The lowest BCUT2D eigenvalue weighted by atomic mass is 10.2. The molecule has 2 aromatic heterocycles. The number of aromatic nitrogens is 2. The fourth-order valence-corrected chi connectivity index (χ4v) is 2.70. The summed E-state index contributed by atoms with van der Waals surface area (Å²) in [7, 11) is 0. The van der Waals surface area contributed by atoms with Crippen LogP contribution in [0.2, 0.25) is 0 Å². The Morgan fingerprint density at radius 3 is 2.79 bits per heavy atom. The maximum atomic E-state index is 5.92. The number of nitrogens with zero attached hydrogens (tertiary/aromatic N) is 4. The Labute approximate surface area is 159 Å². The van der Waals surface area contributed by atoms with Gasteiger partial charge in [0.1, 0.15) is 11.6 Å². The average Bonchev–Trinajstić information content (AvgIpc) is 3.08. The van der Waals surface area contributed by atoms with Crippen LogP contribution < -0.4 is 16.0 Å². The number of anilines is 2. The fourth-order valence-electron chi connectivity index (χ4n) is 2.70. The van der Waals surface area contributed by atoms with Gasteiger partial charge in [-0.25, -0.2) is 15.0 Å². The fraction of sp³-hybridized carbons (Fsp3) is 0.353. The van der Waals surface area contributed by atoms with E-state index in [0.717, 1.165) is 30.2 Å². The van der Waals surface area contributed by atoms with Crippen LogP contribution in [0.25, 0.3) is 0 Å². The van der Waals surface area contributed by atoms with Crippen molar-refractivity contribution in [2.45, 2.75) is 26.3 Å². The molecule has 0 radical (unpaired) electrons. The van der Waals surface area contributed by atoms with Crippen LogP contribution in [-0.2, 0) is 6.54 Å². The van der Waals surface area contributed by atoms with Gasteiger partial charge in [0, 0.05) is 25.0 Å². The molecule has 0 unspecified atom stereocenters. The van der Waals surface area contributed by atoms with Crippen LogP contribution in [0.3, 0.4) is 0 Å².